The van der Waals surface area contributed by atoms with Gasteiger partial charge in [-0.1, -0.05) is 30.3 Å². The van der Waals surface area contributed by atoms with Crippen molar-refractivity contribution in [2.24, 2.45) is 0 Å². The van der Waals surface area contributed by atoms with Gasteiger partial charge in [-0.2, -0.15) is 4.31 Å². The second-order valence-corrected chi connectivity index (χ2v) is 8.29. The van der Waals surface area contributed by atoms with Crippen LogP contribution in [-0.2, 0) is 23.0 Å². The molecule has 2 heterocycles. The Kier molecular flexibility index (Phi) is 4.84. The SMILES string of the molecule is C=CCNC(=O)c1sccc1S(=O)(=O)N1CCc2ccccc2C1. The highest BCUT2D eigenvalue weighted by Crippen LogP contribution is 2.29. The van der Waals surface area contributed by atoms with Crippen LogP contribution in [0.25, 0.3) is 0 Å². The van der Waals surface area contributed by atoms with Gasteiger partial charge in [-0.25, -0.2) is 8.42 Å². The van der Waals surface area contributed by atoms with E-state index in [9.17, 15) is 13.2 Å². The maximum absolute atomic E-state index is 13.0. The third-order valence-corrected chi connectivity index (χ3v) is 6.89. The fourth-order valence-corrected chi connectivity index (χ4v) is 5.46. The molecule has 0 atom stereocenters. The number of carbonyl (C=O) groups excluding carboxylic acids is 1. The summed E-state index contributed by atoms with van der Waals surface area (Å²) in [6.45, 7) is 4.60. The van der Waals surface area contributed by atoms with Crippen LogP contribution in [0.3, 0.4) is 0 Å². The molecule has 0 saturated carbocycles. The van der Waals surface area contributed by atoms with E-state index in [0.29, 0.717) is 26.1 Å². The van der Waals surface area contributed by atoms with Gasteiger partial charge in [-0.3, -0.25) is 4.79 Å². The molecule has 5 nitrogen and oxygen atoms in total. The van der Waals surface area contributed by atoms with Crippen molar-refractivity contribution >= 4 is 27.3 Å². The zero-order valence-electron chi connectivity index (χ0n) is 13.1. The summed E-state index contributed by atoms with van der Waals surface area (Å²) in [4.78, 5) is 12.5. The first-order valence-corrected chi connectivity index (χ1v) is 9.89. The summed E-state index contributed by atoms with van der Waals surface area (Å²) in [5, 5.41) is 4.27. The number of carbonyl (C=O) groups is 1. The van der Waals surface area contributed by atoms with Gasteiger partial charge in [0.15, 0.2) is 0 Å². The molecule has 3 rings (SSSR count). The molecule has 0 spiro atoms. The first-order valence-electron chi connectivity index (χ1n) is 7.57. The van der Waals surface area contributed by atoms with E-state index >= 15 is 0 Å². The van der Waals surface area contributed by atoms with Gasteiger partial charge < -0.3 is 5.32 Å². The minimum Gasteiger partial charge on any atom is -0.348 e. The number of amides is 1. The second-order valence-electron chi connectivity index (χ2n) is 5.47. The van der Waals surface area contributed by atoms with Crippen molar-refractivity contribution in [2.45, 2.75) is 17.9 Å². The molecule has 0 fully saturated rings. The van der Waals surface area contributed by atoms with Gasteiger partial charge in [0.25, 0.3) is 5.91 Å². The molecule has 0 radical (unpaired) electrons. The Morgan fingerprint density at radius 3 is 2.79 bits per heavy atom. The number of hydrogen-bond donors (Lipinski definition) is 1. The molecule has 0 aliphatic carbocycles. The minimum atomic E-state index is -3.71. The van der Waals surface area contributed by atoms with Crippen molar-refractivity contribution in [2.75, 3.05) is 13.1 Å². The molecule has 1 aromatic carbocycles. The molecule has 1 N–H and O–H groups in total. The van der Waals surface area contributed by atoms with Crippen LogP contribution in [-0.4, -0.2) is 31.7 Å². The van der Waals surface area contributed by atoms with Gasteiger partial charge in [0, 0.05) is 19.6 Å². The molecule has 0 saturated heterocycles. The highest BCUT2D eigenvalue weighted by molar-refractivity contribution is 7.89. The van der Waals surface area contributed by atoms with E-state index < -0.39 is 10.0 Å². The molecule has 126 valence electrons. The van der Waals surface area contributed by atoms with Crippen molar-refractivity contribution < 1.29 is 13.2 Å². The number of sulfonamides is 1. The third kappa shape index (κ3) is 3.15. The van der Waals surface area contributed by atoms with Gasteiger partial charge in [0.2, 0.25) is 10.0 Å². The molecule has 1 amide bonds. The van der Waals surface area contributed by atoms with E-state index in [1.165, 1.54) is 15.9 Å². The predicted octanol–water partition coefficient (Wildman–Crippen LogP) is 2.41. The highest BCUT2D eigenvalue weighted by atomic mass is 32.2. The van der Waals surface area contributed by atoms with E-state index in [0.717, 1.165) is 16.9 Å². The van der Waals surface area contributed by atoms with E-state index in [4.69, 9.17) is 0 Å². The summed E-state index contributed by atoms with van der Waals surface area (Å²) in [5.41, 5.74) is 2.19. The first-order chi connectivity index (χ1) is 11.5. The minimum absolute atomic E-state index is 0.0773. The van der Waals surface area contributed by atoms with Gasteiger partial charge in [-0.05, 0) is 29.0 Å². The van der Waals surface area contributed by atoms with Crippen LogP contribution >= 0.6 is 11.3 Å². The molecule has 1 aliphatic rings. The van der Waals surface area contributed by atoms with Gasteiger partial charge in [0.1, 0.15) is 9.77 Å². The fourth-order valence-electron chi connectivity index (χ4n) is 2.73. The lowest BCUT2D eigenvalue weighted by atomic mass is 10.0. The summed E-state index contributed by atoms with van der Waals surface area (Å²) in [6.07, 6.45) is 2.23. The Morgan fingerprint density at radius 2 is 2.04 bits per heavy atom. The number of benzene rings is 1. The van der Waals surface area contributed by atoms with E-state index in [1.807, 2.05) is 24.3 Å². The topological polar surface area (TPSA) is 66.5 Å². The summed E-state index contributed by atoms with van der Waals surface area (Å²) in [6, 6.07) is 9.35. The highest BCUT2D eigenvalue weighted by Gasteiger charge is 2.32. The van der Waals surface area contributed by atoms with E-state index in [1.54, 1.807) is 11.5 Å². The second kappa shape index (κ2) is 6.88. The Morgan fingerprint density at radius 1 is 1.29 bits per heavy atom. The molecule has 24 heavy (non-hydrogen) atoms. The molecule has 1 aliphatic heterocycles. The Labute approximate surface area is 145 Å². The molecule has 7 heteroatoms. The molecular formula is C17H18N2O3S2. The molecule has 0 unspecified atom stereocenters. The van der Waals surface area contributed by atoms with Crippen LogP contribution < -0.4 is 5.32 Å². The summed E-state index contributed by atoms with van der Waals surface area (Å²) in [7, 11) is -3.71. The smallest absolute Gasteiger partial charge is 0.262 e. The molecule has 0 bridgehead atoms. The van der Waals surface area contributed by atoms with Gasteiger partial charge in [-0.15, -0.1) is 17.9 Å². The lowest BCUT2D eigenvalue weighted by Crippen LogP contribution is -2.36. The Bertz CT molecular complexity index is 871. The van der Waals surface area contributed by atoms with Crippen LogP contribution in [0.2, 0.25) is 0 Å². The van der Waals surface area contributed by atoms with Crippen LogP contribution in [0, 0.1) is 0 Å². The monoisotopic (exact) mass is 362 g/mol. The van der Waals surface area contributed by atoms with Crippen LogP contribution in [0.1, 0.15) is 20.8 Å². The van der Waals surface area contributed by atoms with Crippen molar-refractivity contribution in [1.82, 2.24) is 9.62 Å². The number of nitrogens with zero attached hydrogens (tertiary/aromatic N) is 1. The maximum atomic E-state index is 13.0. The molecular weight excluding hydrogens is 344 g/mol. The third-order valence-electron chi connectivity index (χ3n) is 3.96. The molecule has 1 aromatic heterocycles. The number of nitrogens with one attached hydrogen (secondary N) is 1. The zero-order chi connectivity index (χ0) is 17.2. The molecule has 2 aromatic rings. The predicted molar refractivity (Wildman–Crippen MR) is 94.6 cm³/mol. The summed E-state index contributed by atoms with van der Waals surface area (Å²) < 4.78 is 27.4. The number of fused-ring (bicyclic) bond motifs is 1. The Balaban J connectivity index is 1.89. The van der Waals surface area contributed by atoms with Crippen LogP contribution in [0.15, 0.2) is 53.3 Å². The van der Waals surface area contributed by atoms with E-state index in [-0.39, 0.29) is 15.7 Å². The average Bonchev–Trinajstić information content (AvgIpc) is 3.10. The fraction of sp³-hybridized carbons (Fsp3) is 0.235. The Hall–Kier alpha value is -1.96. The van der Waals surface area contributed by atoms with Crippen molar-refractivity contribution in [3.05, 3.63) is 64.4 Å². The van der Waals surface area contributed by atoms with Crippen LogP contribution in [0.4, 0.5) is 0 Å². The first kappa shape index (κ1) is 16.9. The lowest BCUT2D eigenvalue weighted by molar-refractivity contribution is 0.0959. The zero-order valence-corrected chi connectivity index (χ0v) is 14.7. The quantitative estimate of drug-likeness (QED) is 0.831. The number of hydrogen-bond acceptors (Lipinski definition) is 4. The maximum Gasteiger partial charge on any atom is 0.262 e. The van der Waals surface area contributed by atoms with Gasteiger partial charge >= 0.3 is 0 Å². The average molecular weight is 362 g/mol. The van der Waals surface area contributed by atoms with E-state index in [2.05, 4.69) is 11.9 Å². The lowest BCUT2D eigenvalue weighted by Gasteiger charge is -2.28. The van der Waals surface area contributed by atoms with Crippen LogP contribution in [0.5, 0.6) is 0 Å². The number of thiophene rings is 1. The summed E-state index contributed by atoms with van der Waals surface area (Å²) in [5.74, 6) is -0.388. The van der Waals surface area contributed by atoms with Gasteiger partial charge in [0.05, 0.1) is 0 Å². The van der Waals surface area contributed by atoms with Crippen molar-refractivity contribution in [1.29, 1.82) is 0 Å². The van der Waals surface area contributed by atoms with Crippen molar-refractivity contribution in [3.8, 4) is 0 Å². The largest absolute Gasteiger partial charge is 0.348 e. The van der Waals surface area contributed by atoms with Crippen molar-refractivity contribution in [3.63, 3.8) is 0 Å². The summed E-state index contributed by atoms with van der Waals surface area (Å²) >= 11 is 1.13. The number of rotatable bonds is 5. The normalized spacial score (nSPS) is 14.8. The standard InChI is InChI=1S/C17H18N2O3S2/c1-2-9-18-17(20)16-15(8-11-23-16)24(21,22)19-10-7-13-5-3-4-6-14(13)12-19/h2-6,8,11H,1,7,9-10,12H2,(H,18,20).